The first-order chi connectivity index (χ1) is 11.4. The first-order valence-electron chi connectivity index (χ1n) is 8.24. The second-order valence-corrected chi connectivity index (χ2v) is 6.92. The van der Waals surface area contributed by atoms with E-state index in [-0.39, 0.29) is 11.4 Å². The maximum atomic E-state index is 11.9. The standard InChI is InChI=1S/C20H26N2O2/c1-20(2,3)16-9-11-17(12-10-16)22-19(24)21-14-13-18(23)15-7-5-4-6-8-15/h4-12,18,23H,13-14H2,1-3H3,(H2,21,22,24). The molecule has 0 radical (unpaired) electrons. The van der Waals surface area contributed by atoms with Crippen LogP contribution in [0.4, 0.5) is 10.5 Å². The fourth-order valence-electron chi connectivity index (χ4n) is 2.39. The van der Waals surface area contributed by atoms with E-state index in [4.69, 9.17) is 0 Å². The molecule has 1 unspecified atom stereocenters. The molecule has 0 saturated carbocycles. The van der Waals surface area contributed by atoms with Crippen LogP contribution < -0.4 is 10.6 Å². The Bertz CT molecular complexity index is 646. The molecule has 0 aliphatic rings. The fourth-order valence-corrected chi connectivity index (χ4v) is 2.39. The van der Waals surface area contributed by atoms with Gasteiger partial charge in [0.25, 0.3) is 0 Å². The monoisotopic (exact) mass is 326 g/mol. The van der Waals surface area contributed by atoms with Gasteiger partial charge < -0.3 is 15.7 Å². The van der Waals surface area contributed by atoms with Crippen LogP contribution in [0.15, 0.2) is 54.6 Å². The van der Waals surface area contributed by atoms with E-state index in [2.05, 4.69) is 31.4 Å². The van der Waals surface area contributed by atoms with Gasteiger partial charge >= 0.3 is 6.03 Å². The molecule has 2 aromatic carbocycles. The normalized spacial score (nSPS) is 12.5. The lowest BCUT2D eigenvalue weighted by Crippen LogP contribution is -2.30. The molecule has 0 fully saturated rings. The highest BCUT2D eigenvalue weighted by Gasteiger charge is 2.13. The number of hydrogen-bond donors (Lipinski definition) is 3. The number of anilines is 1. The summed E-state index contributed by atoms with van der Waals surface area (Å²) in [5.41, 5.74) is 2.93. The van der Waals surface area contributed by atoms with Gasteiger partial charge in [-0.15, -0.1) is 0 Å². The summed E-state index contributed by atoms with van der Waals surface area (Å²) in [6.45, 7) is 6.86. The zero-order valence-electron chi connectivity index (χ0n) is 14.5. The predicted octanol–water partition coefficient (Wildman–Crippen LogP) is 4.23. The summed E-state index contributed by atoms with van der Waals surface area (Å²) in [6, 6.07) is 17.0. The number of carbonyl (C=O) groups is 1. The third-order valence-corrected chi connectivity index (χ3v) is 3.90. The first-order valence-corrected chi connectivity index (χ1v) is 8.24. The largest absolute Gasteiger partial charge is 0.388 e. The van der Waals surface area contributed by atoms with Crippen LogP contribution in [-0.2, 0) is 5.41 Å². The average molecular weight is 326 g/mol. The summed E-state index contributed by atoms with van der Waals surface area (Å²) in [4.78, 5) is 11.9. The Balaban J connectivity index is 1.77. The van der Waals surface area contributed by atoms with Crippen molar-refractivity contribution < 1.29 is 9.90 Å². The highest BCUT2D eigenvalue weighted by atomic mass is 16.3. The molecule has 0 heterocycles. The molecule has 128 valence electrons. The molecule has 2 amide bonds. The molecule has 0 bridgehead atoms. The van der Waals surface area contributed by atoms with E-state index in [1.807, 2.05) is 54.6 Å². The van der Waals surface area contributed by atoms with Gasteiger partial charge in [0.2, 0.25) is 0 Å². The topological polar surface area (TPSA) is 61.4 Å². The molecule has 4 heteroatoms. The van der Waals surface area contributed by atoms with Gasteiger partial charge in [-0.25, -0.2) is 4.79 Å². The number of aliphatic hydroxyl groups is 1. The van der Waals surface area contributed by atoms with Crippen molar-refractivity contribution in [1.82, 2.24) is 5.32 Å². The van der Waals surface area contributed by atoms with Crippen LogP contribution in [-0.4, -0.2) is 17.7 Å². The molecule has 0 saturated heterocycles. The molecule has 3 N–H and O–H groups in total. The minimum atomic E-state index is -0.572. The summed E-state index contributed by atoms with van der Waals surface area (Å²) in [5.74, 6) is 0. The minimum absolute atomic E-state index is 0.0916. The Hall–Kier alpha value is -2.33. The van der Waals surface area contributed by atoms with Crippen molar-refractivity contribution in [3.8, 4) is 0 Å². The van der Waals surface area contributed by atoms with Gasteiger partial charge in [-0.3, -0.25) is 0 Å². The highest BCUT2D eigenvalue weighted by Crippen LogP contribution is 2.23. The maximum absolute atomic E-state index is 11.9. The van der Waals surface area contributed by atoms with E-state index in [1.165, 1.54) is 5.56 Å². The first kappa shape index (κ1) is 18.0. The summed E-state index contributed by atoms with van der Waals surface area (Å²) in [5, 5.41) is 15.6. The smallest absolute Gasteiger partial charge is 0.319 e. The van der Waals surface area contributed by atoms with Crippen molar-refractivity contribution in [3.05, 3.63) is 65.7 Å². The Kier molecular flexibility index (Phi) is 5.99. The van der Waals surface area contributed by atoms with Crippen LogP contribution in [0.25, 0.3) is 0 Å². The van der Waals surface area contributed by atoms with Crippen molar-refractivity contribution in [2.24, 2.45) is 0 Å². The molecule has 0 aliphatic carbocycles. The summed E-state index contributed by atoms with van der Waals surface area (Å²) in [6.07, 6.45) is -0.0991. The average Bonchev–Trinajstić information content (AvgIpc) is 2.55. The second-order valence-electron chi connectivity index (χ2n) is 6.92. The van der Waals surface area contributed by atoms with E-state index in [9.17, 15) is 9.90 Å². The van der Waals surface area contributed by atoms with Crippen molar-refractivity contribution in [2.75, 3.05) is 11.9 Å². The third kappa shape index (κ3) is 5.39. The van der Waals surface area contributed by atoms with Crippen molar-refractivity contribution in [2.45, 2.75) is 38.7 Å². The Morgan fingerprint density at radius 2 is 1.67 bits per heavy atom. The van der Waals surface area contributed by atoms with Gasteiger partial charge in [-0.1, -0.05) is 63.2 Å². The van der Waals surface area contributed by atoms with Gasteiger partial charge in [-0.2, -0.15) is 0 Å². The van der Waals surface area contributed by atoms with E-state index in [0.717, 1.165) is 11.3 Å². The minimum Gasteiger partial charge on any atom is -0.388 e. The lowest BCUT2D eigenvalue weighted by molar-refractivity contribution is 0.167. The van der Waals surface area contributed by atoms with Crippen molar-refractivity contribution in [3.63, 3.8) is 0 Å². The Morgan fingerprint density at radius 3 is 2.25 bits per heavy atom. The van der Waals surface area contributed by atoms with Crippen molar-refractivity contribution in [1.29, 1.82) is 0 Å². The lowest BCUT2D eigenvalue weighted by Gasteiger charge is -2.19. The molecule has 4 nitrogen and oxygen atoms in total. The fraction of sp³-hybridized carbons (Fsp3) is 0.350. The molecular formula is C20H26N2O2. The second kappa shape index (κ2) is 7.97. The number of nitrogens with one attached hydrogen (secondary N) is 2. The van der Waals surface area contributed by atoms with Gasteiger partial charge in [-0.05, 0) is 35.1 Å². The van der Waals surface area contributed by atoms with Gasteiger partial charge in [0, 0.05) is 12.2 Å². The molecule has 2 aromatic rings. The van der Waals surface area contributed by atoms with Crippen LogP contribution in [0.5, 0.6) is 0 Å². The predicted molar refractivity (Wildman–Crippen MR) is 98.2 cm³/mol. The van der Waals surface area contributed by atoms with Crippen LogP contribution in [0.2, 0.25) is 0 Å². The number of carbonyl (C=O) groups excluding carboxylic acids is 1. The lowest BCUT2D eigenvalue weighted by atomic mass is 9.87. The number of benzene rings is 2. The Morgan fingerprint density at radius 1 is 1.04 bits per heavy atom. The van der Waals surface area contributed by atoms with Crippen LogP contribution in [0, 0.1) is 0 Å². The van der Waals surface area contributed by atoms with E-state index >= 15 is 0 Å². The zero-order valence-corrected chi connectivity index (χ0v) is 14.5. The van der Waals surface area contributed by atoms with Crippen LogP contribution in [0.1, 0.15) is 44.4 Å². The SMILES string of the molecule is CC(C)(C)c1ccc(NC(=O)NCCC(O)c2ccccc2)cc1. The van der Waals surface area contributed by atoms with E-state index in [0.29, 0.717) is 13.0 Å². The third-order valence-electron chi connectivity index (χ3n) is 3.90. The van der Waals surface area contributed by atoms with Gasteiger partial charge in [0.05, 0.1) is 6.10 Å². The van der Waals surface area contributed by atoms with Crippen LogP contribution >= 0.6 is 0 Å². The number of hydrogen-bond acceptors (Lipinski definition) is 2. The Labute approximate surface area is 143 Å². The molecule has 2 rings (SSSR count). The summed E-state index contributed by atoms with van der Waals surface area (Å²) < 4.78 is 0. The van der Waals surface area contributed by atoms with Gasteiger partial charge in [0.15, 0.2) is 0 Å². The quantitative estimate of drug-likeness (QED) is 0.770. The summed E-state index contributed by atoms with van der Waals surface area (Å²) in [7, 11) is 0. The van der Waals surface area contributed by atoms with Gasteiger partial charge in [0.1, 0.15) is 0 Å². The van der Waals surface area contributed by atoms with E-state index in [1.54, 1.807) is 0 Å². The molecule has 0 aromatic heterocycles. The highest BCUT2D eigenvalue weighted by molar-refractivity contribution is 5.89. The maximum Gasteiger partial charge on any atom is 0.319 e. The van der Waals surface area contributed by atoms with Crippen molar-refractivity contribution >= 4 is 11.7 Å². The molecular weight excluding hydrogens is 300 g/mol. The molecule has 1 atom stereocenters. The molecule has 0 aliphatic heterocycles. The number of amides is 2. The molecule has 24 heavy (non-hydrogen) atoms. The zero-order chi connectivity index (χ0) is 17.6. The van der Waals surface area contributed by atoms with E-state index < -0.39 is 6.10 Å². The molecule has 0 spiro atoms. The number of urea groups is 1. The van der Waals surface area contributed by atoms with Crippen LogP contribution in [0.3, 0.4) is 0 Å². The number of aliphatic hydroxyl groups excluding tert-OH is 1. The summed E-state index contributed by atoms with van der Waals surface area (Å²) >= 11 is 0. The number of rotatable bonds is 5.